The summed E-state index contributed by atoms with van der Waals surface area (Å²) in [7, 11) is 1.35. The maximum Gasteiger partial charge on any atom is 0.305 e. The van der Waals surface area contributed by atoms with Crippen LogP contribution in [0.4, 0.5) is 4.39 Å². The zero-order valence-corrected chi connectivity index (χ0v) is 14.2. The third-order valence-electron chi connectivity index (χ3n) is 3.71. The molecule has 0 spiro atoms. The average Bonchev–Trinajstić information content (AvgIpc) is 2.63. The van der Waals surface area contributed by atoms with Crippen molar-refractivity contribution in [1.29, 1.82) is 0 Å². The van der Waals surface area contributed by atoms with Crippen LogP contribution in [0.25, 0.3) is 0 Å². The second kappa shape index (κ2) is 9.57. The highest BCUT2D eigenvalue weighted by atomic mass is 19.1. The molecule has 0 atom stereocenters. The van der Waals surface area contributed by atoms with Crippen molar-refractivity contribution < 1.29 is 23.5 Å². The minimum atomic E-state index is -0.308. The molecule has 0 saturated heterocycles. The second-order valence-electron chi connectivity index (χ2n) is 5.65. The predicted octanol–water partition coefficient (Wildman–Crippen LogP) is 4.32. The summed E-state index contributed by atoms with van der Waals surface area (Å²) in [6.07, 6.45) is 1.93. The molecule has 0 saturated carbocycles. The van der Waals surface area contributed by atoms with Crippen LogP contribution >= 0.6 is 0 Å². The first-order chi connectivity index (χ1) is 12.1. The summed E-state index contributed by atoms with van der Waals surface area (Å²) in [5, 5.41) is 0. The Hall–Kier alpha value is -2.69. The van der Waals surface area contributed by atoms with Gasteiger partial charge in [-0.25, -0.2) is 4.39 Å². The van der Waals surface area contributed by atoms with E-state index in [1.54, 1.807) is 36.4 Å². The van der Waals surface area contributed by atoms with E-state index in [4.69, 9.17) is 4.74 Å². The molecule has 132 valence electrons. The third-order valence-corrected chi connectivity index (χ3v) is 3.71. The molecule has 0 N–H and O–H groups in total. The summed E-state index contributed by atoms with van der Waals surface area (Å²) in [4.78, 5) is 23.2. The van der Waals surface area contributed by atoms with Crippen molar-refractivity contribution in [3.8, 4) is 5.75 Å². The summed E-state index contributed by atoms with van der Waals surface area (Å²) in [6.45, 7) is 0.231. The highest BCUT2D eigenvalue weighted by Gasteiger charge is 2.08. The summed E-state index contributed by atoms with van der Waals surface area (Å²) in [6, 6.07) is 13.1. The molecule has 0 aromatic heterocycles. The minimum Gasteiger partial charge on any atom is -0.489 e. The minimum absolute atomic E-state index is 0.000992. The molecule has 25 heavy (non-hydrogen) atoms. The molecular formula is C20H21FO4. The van der Waals surface area contributed by atoms with E-state index in [-0.39, 0.29) is 24.2 Å². The van der Waals surface area contributed by atoms with E-state index in [0.29, 0.717) is 37.0 Å². The molecular weight excluding hydrogens is 323 g/mol. The van der Waals surface area contributed by atoms with Crippen LogP contribution in [0.3, 0.4) is 0 Å². The standard InChI is InChI=1S/C20H21FO4/c1-24-20(23)11-3-2-10-19(22)16-7-5-9-18(13-16)25-14-15-6-4-8-17(21)12-15/h4-9,12-13H,2-3,10-11,14H2,1H3. The zero-order chi connectivity index (χ0) is 18.1. The number of benzene rings is 2. The van der Waals surface area contributed by atoms with Crippen LogP contribution < -0.4 is 4.74 Å². The first-order valence-corrected chi connectivity index (χ1v) is 8.16. The van der Waals surface area contributed by atoms with E-state index < -0.39 is 0 Å². The number of Topliss-reactive ketones (excluding diaryl/α,β-unsaturated/α-hetero) is 1. The van der Waals surface area contributed by atoms with Gasteiger partial charge in [0, 0.05) is 18.4 Å². The lowest BCUT2D eigenvalue weighted by Crippen LogP contribution is -2.03. The van der Waals surface area contributed by atoms with Crippen molar-refractivity contribution in [3.63, 3.8) is 0 Å². The topological polar surface area (TPSA) is 52.6 Å². The van der Waals surface area contributed by atoms with Crippen LogP contribution in [0, 0.1) is 5.82 Å². The second-order valence-corrected chi connectivity index (χ2v) is 5.65. The Labute approximate surface area is 146 Å². The molecule has 0 fully saturated rings. The van der Waals surface area contributed by atoms with Gasteiger partial charge in [0.05, 0.1) is 7.11 Å². The van der Waals surface area contributed by atoms with Gasteiger partial charge >= 0.3 is 5.97 Å². The largest absolute Gasteiger partial charge is 0.489 e. The molecule has 2 aromatic rings. The molecule has 2 rings (SSSR count). The van der Waals surface area contributed by atoms with E-state index in [1.165, 1.54) is 19.2 Å². The third kappa shape index (κ3) is 6.37. The number of esters is 1. The van der Waals surface area contributed by atoms with Gasteiger partial charge in [0.25, 0.3) is 0 Å². The van der Waals surface area contributed by atoms with Gasteiger partial charge in [-0.2, -0.15) is 0 Å². The van der Waals surface area contributed by atoms with Gasteiger partial charge in [0.1, 0.15) is 18.2 Å². The average molecular weight is 344 g/mol. The van der Waals surface area contributed by atoms with Crippen molar-refractivity contribution in [2.45, 2.75) is 32.3 Å². The molecule has 0 aliphatic heterocycles. The van der Waals surface area contributed by atoms with E-state index in [2.05, 4.69) is 4.74 Å². The number of ketones is 1. The van der Waals surface area contributed by atoms with Gasteiger partial charge in [0.2, 0.25) is 0 Å². The molecule has 0 radical (unpaired) electrons. The Morgan fingerprint density at radius 2 is 1.76 bits per heavy atom. The number of methoxy groups -OCH3 is 1. The van der Waals surface area contributed by atoms with E-state index >= 15 is 0 Å². The number of carbonyl (C=O) groups excluding carboxylic acids is 2. The molecule has 5 heteroatoms. The maximum atomic E-state index is 13.2. The molecule has 0 heterocycles. The Bertz CT molecular complexity index is 727. The Morgan fingerprint density at radius 3 is 2.52 bits per heavy atom. The smallest absolute Gasteiger partial charge is 0.305 e. The molecule has 0 aliphatic rings. The molecule has 0 unspecified atom stereocenters. The van der Waals surface area contributed by atoms with Gasteiger partial charge in [-0.1, -0.05) is 24.3 Å². The highest BCUT2D eigenvalue weighted by molar-refractivity contribution is 5.96. The number of carbonyl (C=O) groups is 2. The number of halogens is 1. The first-order valence-electron chi connectivity index (χ1n) is 8.16. The van der Waals surface area contributed by atoms with Crippen LogP contribution in [0.1, 0.15) is 41.6 Å². The number of hydrogen-bond donors (Lipinski definition) is 0. The summed E-state index contributed by atoms with van der Waals surface area (Å²) in [5.41, 5.74) is 1.29. The number of ether oxygens (including phenoxy) is 2. The number of unbranched alkanes of at least 4 members (excludes halogenated alkanes) is 1. The Balaban J connectivity index is 1.85. The van der Waals surface area contributed by atoms with Gasteiger partial charge in [-0.3, -0.25) is 9.59 Å². The fourth-order valence-corrected chi connectivity index (χ4v) is 2.35. The van der Waals surface area contributed by atoms with Crippen molar-refractivity contribution in [3.05, 3.63) is 65.5 Å². The van der Waals surface area contributed by atoms with Crippen LogP contribution in [0.2, 0.25) is 0 Å². The molecule has 0 aliphatic carbocycles. The van der Waals surface area contributed by atoms with Crippen molar-refractivity contribution >= 4 is 11.8 Å². The van der Waals surface area contributed by atoms with Gasteiger partial charge in [0.15, 0.2) is 5.78 Å². The van der Waals surface area contributed by atoms with Crippen LogP contribution in [0.15, 0.2) is 48.5 Å². The van der Waals surface area contributed by atoms with Crippen LogP contribution in [-0.4, -0.2) is 18.9 Å². The molecule has 0 amide bonds. The SMILES string of the molecule is COC(=O)CCCCC(=O)c1cccc(OCc2cccc(F)c2)c1. The van der Waals surface area contributed by atoms with Crippen molar-refractivity contribution in [2.24, 2.45) is 0 Å². The number of hydrogen-bond acceptors (Lipinski definition) is 4. The fraction of sp³-hybridized carbons (Fsp3) is 0.300. The highest BCUT2D eigenvalue weighted by Crippen LogP contribution is 2.18. The van der Waals surface area contributed by atoms with E-state index in [1.807, 2.05) is 0 Å². The Kier molecular flexibility index (Phi) is 7.14. The first kappa shape index (κ1) is 18.6. The van der Waals surface area contributed by atoms with E-state index in [0.717, 1.165) is 5.56 Å². The lowest BCUT2D eigenvalue weighted by molar-refractivity contribution is -0.140. The Morgan fingerprint density at radius 1 is 1.00 bits per heavy atom. The van der Waals surface area contributed by atoms with Gasteiger partial charge < -0.3 is 9.47 Å². The van der Waals surface area contributed by atoms with Gasteiger partial charge in [-0.05, 0) is 42.7 Å². The maximum absolute atomic E-state index is 13.2. The van der Waals surface area contributed by atoms with Crippen molar-refractivity contribution in [2.75, 3.05) is 7.11 Å². The molecule has 4 nitrogen and oxygen atoms in total. The lowest BCUT2D eigenvalue weighted by Gasteiger charge is -2.08. The van der Waals surface area contributed by atoms with E-state index in [9.17, 15) is 14.0 Å². The van der Waals surface area contributed by atoms with Gasteiger partial charge in [-0.15, -0.1) is 0 Å². The zero-order valence-electron chi connectivity index (χ0n) is 14.2. The summed E-state index contributed by atoms with van der Waals surface area (Å²) in [5.74, 6) is -0.0112. The molecule has 2 aromatic carbocycles. The fourth-order valence-electron chi connectivity index (χ4n) is 2.35. The van der Waals surface area contributed by atoms with Crippen LogP contribution in [-0.2, 0) is 16.1 Å². The van der Waals surface area contributed by atoms with Crippen LogP contribution in [0.5, 0.6) is 5.75 Å². The van der Waals surface area contributed by atoms with Crippen molar-refractivity contribution in [1.82, 2.24) is 0 Å². The monoisotopic (exact) mass is 344 g/mol. The number of rotatable bonds is 9. The lowest BCUT2D eigenvalue weighted by atomic mass is 10.0. The normalized spacial score (nSPS) is 10.3. The summed E-state index contributed by atoms with van der Waals surface area (Å²) >= 11 is 0. The quantitative estimate of drug-likeness (QED) is 0.386. The molecule has 0 bridgehead atoms. The summed E-state index contributed by atoms with van der Waals surface area (Å²) < 4.78 is 23.3. The predicted molar refractivity (Wildman–Crippen MR) is 92.0 cm³/mol.